The van der Waals surface area contributed by atoms with Gasteiger partial charge in [0, 0.05) is 31.2 Å². The molecule has 4 unspecified atom stereocenters. The van der Waals surface area contributed by atoms with E-state index in [1.165, 1.54) is 24.7 Å². The molecule has 3 aromatic rings. The predicted molar refractivity (Wildman–Crippen MR) is 155 cm³/mol. The van der Waals surface area contributed by atoms with Crippen LogP contribution in [0.3, 0.4) is 0 Å². The van der Waals surface area contributed by atoms with E-state index < -0.39 is 47.9 Å². The number of aromatic hydroxyl groups is 1. The number of carboxylic acid groups (broad SMARTS) is 1. The average molecular weight is 579 g/mol. The van der Waals surface area contributed by atoms with Crippen LogP contribution in [-0.2, 0) is 38.4 Å². The van der Waals surface area contributed by atoms with Crippen molar-refractivity contribution in [1.82, 2.24) is 25.9 Å². The summed E-state index contributed by atoms with van der Waals surface area (Å²) in [5.74, 6) is -2.95. The van der Waals surface area contributed by atoms with Gasteiger partial charge in [-0.25, -0.2) is 9.78 Å². The Morgan fingerprint density at radius 3 is 1.93 bits per heavy atom. The normalized spacial score (nSPS) is 13.9. The van der Waals surface area contributed by atoms with E-state index in [4.69, 9.17) is 5.73 Å². The number of H-pyrrole nitrogens is 1. The smallest absolute Gasteiger partial charge is 0.326 e. The lowest BCUT2D eigenvalue weighted by atomic mass is 10.0. The van der Waals surface area contributed by atoms with Crippen molar-refractivity contribution in [3.8, 4) is 5.75 Å². The number of nitrogens with zero attached hydrogens (tertiary/aromatic N) is 1. The minimum absolute atomic E-state index is 0.00683. The van der Waals surface area contributed by atoms with Gasteiger partial charge in [0.2, 0.25) is 17.7 Å². The highest BCUT2D eigenvalue weighted by atomic mass is 16.4. The zero-order valence-electron chi connectivity index (χ0n) is 23.6. The SMILES string of the molecule is CC(C)CC(N)C(=O)NC(Cc1cnc[nH]1)C(=O)NC(Cc1ccc(O)cc1)C(=O)NC(Cc1ccccc1)C(=O)O. The summed E-state index contributed by atoms with van der Waals surface area (Å²) in [5, 5.41) is 27.4. The van der Waals surface area contributed by atoms with E-state index in [-0.39, 0.29) is 30.9 Å². The van der Waals surface area contributed by atoms with E-state index in [9.17, 15) is 29.4 Å². The molecule has 3 amide bonds. The van der Waals surface area contributed by atoms with E-state index in [1.807, 2.05) is 13.8 Å². The molecule has 0 aliphatic heterocycles. The molecule has 0 bridgehead atoms. The molecule has 224 valence electrons. The second-order valence-corrected chi connectivity index (χ2v) is 10.6. The fraction of sp³-hybridized carbons (Fsp3) is 0.367. The molecular formula is C30H38N6O6. The molecule has 0 fully saturated rings. The lowest BCUT2D eigenvalue weighted by Crippen LogP contribution is -2.58. The first-order valence-electron chi connectivity index (χ1n) is 13.7. The Hall–Kier alpha value is -4.71. The fourth-order valence-corrected chi connectivity index (χ4v) is 4.39. The molecule has 4 atom stereocenters. The number of rotatable bonds is 15. The predicted octanol–water partition coefficient (Wildman–Crippen LogP) is 1.06. The summed E-state index contributed by atoms with van der Waals surface area (Å²) in [7, 11) is 0. The molecular weight excluding hydrogens is 540 g/mol. The third-order valence-corrected chi connectivity index (χ3v) is 6.58. The van der Waals surface area contributed by atoms with Crippen molar-refractivity contribution < 1.29 is 29.4 Å². The summed E-state index contributed by atoms with van der Waals surface area (Å²) in [5.41, 5.74) is 7.94. The van der Waals surface area contributed by atoms with Crippen LogP contribution >= 0.6 is 0 Å². The van der Waals surface area contributed by atoms with Crippen molar-refractivity contribution >= 4 is 23.7 Å². The Labute approximate surface area is 244 Å². The largest absolute Gasteiger partial charge is 0.508 e. The molecule has 42 heavy (non-hydrogen) atoms. The standard InChI is InChI=1S/C30H38N6O6/c1-18(2)12-23(31)27(38)34-25(15-21-16-32-17-33-21)29(40)35-24(13-20-8-10-22(37)11-9-20)28(39)36-26(30(41)42)14-19-6-4-3-5-7-19/h3-11,16-18,23-26,37H,12-15,31H2,1-2H3,(H,32,33)(H,34,38)(H,35,40)(H,36,39)(H,41,42). The van der Waals surface area contributed by atoms with Gasteiger partial charge in [-0.3, -0.25) is 14.4 Å². The number of nitrogens with two attached hydrogens (primary N) is 1. The van der Waals surface area contributed by atoms with Crippen molar-refractivity contribution in [3.05, 3.63) is 83.9 Å². The fourth-order valence-electron chi connectivity index (χ4n) is 4.39. The van der Waals surface area contributed by atoms with Gasteiger partial charge in [-0.1, -0.05) is 56.3 Å². The van der Waals surface area contributed by atoms with Gasteiger partial charge in [0.25, 0.3) is 0 Å². The van der Waals surface area contributed by atoms with E-state index >= 15 is 0 Å². The highest BCUT2D eigenvalue weighted by Gasteiger charge is 2.31. The molecule has 0 radical (unpaired) electrons. The van der Waals surface area contributed by atoms with Crippen molar-refractivity contribution in [2.45, 2.75) is 63.7 Å². The number of imidazole rings is 1. The Kier molecular flexibility index (Phi) is 11.6. The summed E-state index contributed by atoms with van der Waals surface area (Å²) in [6.07, 6.45) is 3.44. The third kappa shape index (κ3) is 10.0. The Bertz CT molecular complexity index is 1310. The summed E-state index contributed by atoms with van der Waals surface area (Å²) >= 11 is 0. The lowest BCUT2D eigenvalue weighted by molar-refractivity contribution is -0.142. The zero-order chi connectivity index (χ0) is 30.6. The van der Waals surface area contributed by atoms with Crippen LogP contribution in [0.15, 0.2) is 67.1 Å². The minimum Gasteiger partial charge on any atom is -0.508 e. The van der Waals surface area contributed by atoms with Crippen LogP contribution in [0, 0.1) is 5.92 Å². The summed E-state index contributed by atoms with van der Waals surface area (Å²) < 4.78 is 0. The van der Waals surface area contributed by atoms with Gasteiger partial charge >= 0.3 is 5.97 Å². The second-order valence-electron chi connectivity index (χ2n) is 10.6. The molecule has 0 aliphatic carbocycles. The van der Waals surface area contributed by atoms with Gasteiger partial charge in [-0.05, 0) is 35.6 Å². The number of carbonyl (C=O) groups excluding carboxylic acids is 3. The van der Waals surface area contributed by atoms with Gasteiger partial charge in [-0.15, -0.1) is 0 Å². The zero-order valence-corrected chi connectivity index (χ0v) is 23.6. The van der Waals surface area contributed by atoms with Crippen LogP contribution < -0.4 is 21.7 Å². The molecule has 2 aromatic carbocycles. The van der Waals surface area contributed by atoms with Crippen molar-refractivity contribution in [2.24, 2.45) is 11.7 Å². The molecule has 0 saturated carbocycles. The number of aliphatic carboxylic acids is 1. The topological polar surface area (TPSA) is 200 Å². The van der Waals surface area contributed by atoms with E-state index in [0.29, 0.717) is 23.2 Å². The van der Waals surface area contributed by atoms with Crippen LogP contribution in [-0.4, -0.2) is 68.0 Å². The van der Waals surface area contributed by atoms with Crippen molar-refractivity contribution in [2.75, 3.05) is 0 Å². The van der Waals surface area contributed by atoms with Gasteiger partial charge < -0.3 is 36.9 Å². The summed E-state index contributed by atoms with van der Waals surface area (Å²) in [6.45, 7) is 3.85. The summed E-state index contributed by atoms with van der Waals surface area (Å²) in [6, 6.07) is 10.5. The van der Waals surface area contributed by atoms with Crippen LogP contribution in [0.25, 0.3) is 0 Å². The number of phenolic OH excluding ortho intramolecular Hbond substituents is 1. The maximum Gasteiger partial charge on any atom is 0.326 e. The molecule has 0 spiro atoms. The van der Waals surface area contributed by atoms with Gasteiger partial charge in [0.15, 0.2) is 0 Å². The average Bonchev–Trinajstić information content (AvgIpc) is 3.46. The molecule has 1 heterocycles. The maximum absolute atomic E-state index is 13.6. The van der Waals surface area contributed by atoms with E-state index in [2.05, 4.69) is 25.9 Å². The Balaban J connectivity index is 1.83. The van der Waals surface area contributed by atoms with Gasteiger partial charge in [0.1, 0.15) is 23.9 Å². The second kappa shape index (κ2) is 15.3. The van der Waals surface area contributed by atoms with Crippen LogP contribution in [0.1, 0.15) is 37.1 Å². The molecule has 8 N–H and O–H groups in total. The molecule has 1 aromatic heterocycles. The number of phenols is 1. The maximum atomic E-state index is 13.6. The highest BCUT2D eigenvalue weighted by molar-refractivity contribution is 5.94. The van der Waals surface area contributed by atoms with Crippen LogP contribution in [0.2, 0.25) is 0 Å². The number of aromatic nitrogens is 2. The molecule has 0 aliphatic rings. The lowest BCUT2D eigenvalue weighted by Gasteiger charge is -2.25. The van der Waals surface area contributed by atoms with Gasteiger partial charge in [0.05, 0.1) is 12.4 Å². The van der Waals surface area contributed by atoms with Gasteiger partial charge in [-0.2, -0.15) is 0 Å². The number of hydrogen-bond acceptors (Lipinski definition) is 7. The third-order valence-electron chi connectivity index (χ3n) is 6.58. The summed E-state index contributed by atoms with van der Waals surface area (Å²) in [4.78, 5) is 58.8. The molecule has 12 nitrogen and oxygen atoms in total. The number of hydrogen-bond donors (Lipinski definition) is 7. The Morgan fingerprint density at radius 2 is 1.36 bits per heavy atom. The minimum atomic E-state index is -1.26. The molecule has 3 rings (SSSR count). The monoisotopic (exact) mass is 578 g/mol. The van der Waals surface area contributed by atoms with E-state index in [0.717, 1.165) is 0 Å². The number of nitrogens with one attached hydrogen (secondary N) is 4. The van der Waals surface area contributed by atoms with E-state index in [1.54, 1.807) is 42.5 Å². The Morgan fingerprint density at radius 1 is 0.810 bits per heavy atom. The van der Waals surface area contributed by atoms with Crippen LogP contribution in [0.5, 0.6) is 5.75 Å². The number of carbonyl (C=O) groups is 4. The molecule has 0 saturated heterocycles. The number of amides is 3. The highest BCUT2D eigenvalue weighted by Crippen LogP contribution is 2.13. The first kappa shape index (κ1) is 31.8. The van der Waals surface area contributed by atoms with Crippen molar-refractivity contribution in [1.29, 1.82) is 0 Å². The quantitative estimate of drug-likeness (QED) is 0.139. The molecule has 12 heteroatoms. The number of aromatic amines is 1. The first-order chi connectivity index (χ1) is 20.0. The van der Waals surface area contributed by atoms with Crippen molar-refractivity contribution in [3.63, 3.8) is 0 Å². The number of carboxylic acids is 1. The van der Waals surface area contributed by atoms with Crippen LogP contribution in [0.4, 0.5) is 0 Å². The first-order valence-corrected chi connectivity index (χ1v) is 13.7. The number of benzene rings is 2.